The van der Waals surface area contributed by atoms with Crippen LogP contribution < -0.4 is 10.6 Å². The number of aromatic nitrogens is 1. The minimum atomic E-state index is -5.08. The van der Waals surface area contributed by atoms with E-state index in [0.717, 1.165) is 88.5 Å². The van der Waals surface area contributed by atoms with Crippen molar-refractivity contribution in [1.82, 2.24) is 25.6 Å². The van der Waals surface area contributed by atoms with Crippen molar-refractivity contribution in [3.05, 3.63) is 16.1 Å². The maximum absolute atomic E-state index is 14.6. The monoisotopic (exact) mass is 823 g/mol. The van der Waals surface area contributed by atoms with Crippen LogP contribution in [-0.2, 0) is 24.0 Å². The van der Waals surface area contributed by atoms with Crippen LogP contribution in [0.5, 0.6) is 0 Å². The first-order valence-electron chi connectivity index (χ1n) is 19.8. The molecule has 0 saturated carbocycles. The van der Waals surface area contributed by atoms with E-state index in [4.69, 9.17) is 19.5 Å². The molecule has 0 aliphatic carbocycles. The molecule has 2 rings (SSSR count). The van der Waals surface area contributed by atoms with Gasteiger partial charge in [-0.15, -0.1) is 11.3 Å². The molecule has 1 aromatic rings. The van der Waals surface area contributed by atoms with E-state index >= 15 is 0 Å². The number of amides is 3. The van der Waals surface area contributed by atoms with Gasteiger partial charge in [-0.1, -0.05) is 92.9 Å². The van der Waals surface area contributed by atoms with Crippen LogP contribution in [0.15, 0.2) is 5.38 Å². The number of alkyl halides is 3. The number of ether oxygens (including phenoxy) is 1. The molecule has 2 heterocycles. The Morgan fingerprint density at radius 2 is 1.62 bits per heavy atom. The average molecular weight is 824 g/mol. The summed E-state index contributed by atoms with van der Waals surface area (Å²) < 4.78 is 37.7. The van der Waals surface area contributed by atoms with Crippen molar-refractivity contribution in [2.45, 2.75) is 155 Å². The van der Waals surface area contributed by atoms with Crippen molar-refractivity contribution in [2.24, 2.45) is 11.8 Å². The van der Waals surface area contributed by atoms with Gasteiger partial charge in [-0.2, -0.15) is 13.2 Å². The first-order valence-corrected chi connectivity index (χ1v) is 20.7. The number of nitrogens with one attached hydrogen (secondary N) is 2. The zero-order valence-corrected chi connectivity index (χ0v) is 34.8. The fourth-order valence-electron chi connectivity index (χ4n) is 5.99. The predicted molar refractivity (Wildman–Crippen MR) is 206 cm³/mol. The molecule has 1 aliphatic heterocycles. The summed E-state index contributed by atoms with van der Waals surface area (Å²) in [7, 11) is 1.94. The normalized spacial score (nSPS) is 16.8. The number of likely N-dealkylation sites (tertiary alicyclic amines) is 1. The van der Waals surface area contributed by atoms with Crippen LogP contribution >= 0.6 is 11.3 Å². The van der Waals surface area contributed by atoms with Crippen LogP contribution in [0.3, 0.4) is 0 Å². The summed E-state index contributed by atoms with van der Waals surface area (Å²) >= 11 is 1.10. The van der Waals surface area contributed by atoms with Crippen LogP contribution in [0.25, 0.3) is 0 Å². The number of carboxylic acid groups (broad SMARTS) is 2. The molecule has 4 unspecified atom stereocenters. The number of hydrogen-bond acceptors (Lipinski definition) is 10. The third kappa shape index (κ3) is 18.2. The molecule has 4 N–H and O–H groups in total. The van der Waals surface area contributed by atoms with Gasteiger partial charge in [0.05, 0.1) is 18.7 Å². The largest absolute Gasteiger partial charge is 0.490 e. The van der Waals surface area contributed by atoms with Gasteiger partial charge in [0.25, 0.3) is 5.91 Å². The number of hydrogen-bond donors (Lipinski definition) is 4. The quantitative estimate of drug-likeness (QED) is 0.0629. The van der Waals surface area contributed by atoms with E-state index < -0.39 is 42.4 Å². The average Bonchev–Trinajstić information content (AvgIpc) is 3.64. The number of unbranched alkanes of at least 4 members (excludes halogenated alkanes) is 6. The van der Waals surface area contributed by atoms with Crippen molar-refractivity contribution in [2.75, 3.05) is 26.7 Å². The fraction of sp³-hybridized carbons (Fsp3) is 0.789. The molecule has 0 aromatic carbocycles. The summed E-state index contributed by atoms with van der Waals surface area (Å²) in [4.78, 5) is 74.5. The van der Waals surface area contributed by atoms with E-state index in [2.05, 4.69) is 29.5 Å². The summed E-state index contributed by atoms with van der Waals surface area (Å²) in [5, 5.41) is 25.8. The number of aromatic carboxylic acids is 1. The van der Waals surface area contributed by atoms with Crippen molar-refractivity contribution < 1.29 is 56.9 Å². The summed E-state index contributed by atoms with van der Waals surface area (Å²) in [5.41, 5.74) is -0.137. The number of aliphatic carboxylic acids is 1. The number of rotatable bonds is 23. The number of hydroxylamine groups is 2. The number of likely N-dealkylation sites (N-methyl/N-ethyl adjacent to an activating group) is 1. The Morgan fingerprint density at radius 3 is 2.14 bits per heavy atom. The molecule has 14 nitrogen and oxygen atoms in total. The minimum Gasteiger partial charge on any atom is -0.476 e. The molecule has 3 amide bonds. The standard InChI is InChI=1S/C36H63N5O7S.C2HF3O2/c1-8-11-13-16-20-37-36(46)48-30(33-38-27(24-49-33)35(44)45)23-29(25(4)5)41(47-22-18-14-12-9-2)34(43)31(26(6)10-3)39-32(42)28-19-15-17-21-40(28)7;3-2(4,5)1(6)7/h24-26,28-31H,8-23H2,1-7H3,(H,37,46)(H,39,42)(H,44,45);(H,6,7)/t26?,28-,29?,30?,31?;/m1./s1. The van der Waals surface area contributed by atoms with Gasteiger partial charge in [0.15, 0.2) is 11.8 Å². The molecule has 1 aromatic heterocycles. The molecular weight excluding hydrogens is 760 g/mol. The number of alkyl carbamates (subject to hydrolysis) is 1. The van der Waals surface area contributed by atoms with Gasteiger partial charge in [-0.25, -0.2) is 24.4 Å². The highest BCUT2D eigenvalue weighted by Crippen LogP contribution is 2.32. The number of halogens is 3. The van der Waals surface area contributed by atoms with Gasteiger partial charge in [-0.05, 0) is 51.1 Å². The minimum absolute atomic E-state index is 0.126. The van der Waals surface area contributed by atoms with E-state index in [9.17, 15) is 37.5 Å². The zero-order valence-electron chi connectivity index (χ0n) is 34.0. The lowest BCUT2D eigenvalue weighted by molar-refractivity contribution is -0.212. The highest BCUT2D eigenvalue weighted by atomic mass is 32.1. The highest BCUT2D eigenvalue weighted by Gasteiger charge is 2.40. The van der Waals surface area contributed by atoms with Gasteiger partial charge in [0.2, 0.25) is 5.91 Å². The number of thiazole rings is 1. The Kier molecular flexibility index (Phi) is 23.8. The third-order valence-electron chi connectivity index (χ3n) is 9.63. The van der Waals surface area contributed by atoms with Crippen LogP contribution in [0, 0.1) is 11.8 Å². The molecular formula is C38H64F3N5O9S. The molecule has 0 radical (unpaired) electrons. The Balaban J connectivity index is 0.00000203. The molecule has 18 heteroatoms. The van der Waals surface area contributed by atoms with E-state index in [1.54, 1.807) is 0 Å². The molecule has 56 heavy (non-hydrogen) atoms. The second-order valence-electron chi connectivity index (χ2n) is 14.5. The maximum atomic E-state index is 14.6. The van der Waals surface area contributed by atoms with E-state index in [1.807, 2.05) is 39.6 Å². The Hall–Kier alpha value is -3.51. The number of carbonyl (C=O) groups excluding carboxylic acids is 3. The SMILES string of the molecule is CCCCCCNC(=O)OC(CC(C(C)C)N(OCCCCCC)C(=O)C(NC(=O)[C@H]1CCCCN1C)C(C)CC)c1nc(C(=O)O)cs1.O=C(O)C(F)(F)F. The Labute approximate surface area is 333 Å². The first-order chi connectivity index (χ1) is 26.4. The van der Waals surface area contributed by atoms with Gasteiger partial charge in [0, 0.05) is 18.3 Å². The summed E-state index contributed by atoms with van der Waals surface area (Å²) in [6, 6.07) is -1.71. The van der Waals surface area contributed by atoms with E-state index in [0.29, 0.717) is 24.6 Å². The lowest BCUT2D eigenvalue weighted by Gasteiger charge is -2.39. The van der Waals surface area contributed by atoms with E-state index in [1.165, 1.54) is 10.4 Å². The van der Waals surface area contributed by atoms with Crippen molar-refractivity contribution in [3.63, 3.8) is 0 Å². The first kappa shape index (κ1) is 50.5. The van der Waals surface area contributed by atoms with E-state index in [-0.39, 0.29) is 41.8 Å². The lowest BCUT2D eigenvalue weighted by atomic mass is 9.93. The van der Waals surface area contributed by atoms with Crippen LogP contribution in [0.1, 0.15) is 147 Å². The Morgan fingerprint density at radius 1 is 1.00 bits per heavy atom. The van der Waals surface area contributed by atoms with Crippen LogP contribution in [-0.4, -0.2) is 106 Å². The zero-order chi connectivity index (χ0) is 42.4. The molecule has 322 valence electrons. The van der Waals surface area contributed by atoms with Gasteiger partial charge >= 0.3 is 24.2 Å². The molecule has 5 atom stereocenters. The van der Waals surface area contributed by atoms with Crippen molar-refractivity contribution in [3.8, 4) is 0 Å². The van der Waals surface area contributed by atoms with Crippen molar-refractivity contribution in [1.29, 1.82) is 0 Å². The molecule has 1 aliphatic rings. The van der Waals surface area contributed by atoms with Gasteiger partial charge in [0.1, 0.15) is 11.0 Å². The topological polar surface area (TPSA) is 188 Å². The van der Waals surface area contributed by atoms with Crippen molar-refractivity contribution >= 4 is 41.2 Å². The molecule has 0 spiro atoms. The second kappa shape index (κ2) is 26.4. The summed E-state index contributed by atoms with van der Waals surface area (Å²) in [5.74, 6) is -4.77. The second-order valence-corrected chi connectivity index (χ2v) is 15.4. The Bertz CT molecular complexity index is 1350. The number of carboxylic acids is 2. The molecule has 1 fully saturated rings. The number of nitrogens with zero attached hydrogens (tertiary/aromatic N) is 3. The lowest BCUT2D eigenvalue weighted by Crippen LogP contribution is -2.58. The van der Waals surface area contributed by atoms with Gasteiger partial charge in [-0.3, -0.25) is 19.3 Å². The summed E-state index contributed by atoms with van der Waals surface area (Å²) in [6.07, 6.45) is 4.64. The van der Waals surface area contributed by atoms with Crippen LogP contribution in [0.2, 0.25) is 0 Å². The number of carbonyl (C=O) groups is 5. The fourth-order valence-corrected chi connectivity index (χ4v) is 6.83. The summed E-state index contributed by atoms with van der Waals surface area (Å²) in [6.45, 7) is 13.7. The smallest absolute Gasteiger partial charge is 0.476 e. The maximum Gasteiger partial charge on any atom is 0.490 e. The molecule has 0 bridgehead atoms. The number of piperidine rings is 1. The van der Waals surface area contributed by atoms with Crippen LogP contribution in [0.4, 0.5) is 18.0 Å². The predicted octanol–water partition coefficient (Wildman–Crippen LogP) is 7.59. The highest BCUT2D eigenvalue weighted by molar-refractivity contribution is 7.09. The van der Waals surface area contributed by atoms with Gasteiger partial charge < -0.3 is 25.6 Å². The molecule has 1 saturated heterocycles. The third-order valence-corrected chi connectivity index (χ3v) is 10.6.